The van der Waals surface area contributed by atoms with E-state index in [0.717, 1.165) is 26.8 Å². The Hall–Kier alpha value is -3.43. The van der Waals surface area contributed by atoms with Gasteiger partial charge in [-0.2, -0.15) is 13.2 Å². The van der Waals surface area contributed by atoms with Gasteiger partial charge in [0.2, 0.25) is 0 Å². The third-order valence-corrected chi connectivity index (χ3v) is 6.11. The third kappa shape index (κ3) is 4.99. The largest absolute Gasteiger partial charge is 0.416 e. The van der Waals surface area contributed by atoms with Crippen molar-refractivity contribution in [1.82, 2.24) is 5.32 Å². The number of nitrogens with one attached hydrogen (secondary N) is 1. The molecule has 0 spiro atoms. The summed E-state index contributed by atoms with van der Waals surface area (Å²) in [4.78, 5) is 28.5. The van der Waals surface area contributed by atoms with E-state index in [4.69, 9.17) is 12.2 Å². The third-order valence-electron chi connectivity index (χ3n) is 4.72. The van der Waals surface area contributed by atoms with Gasteiger partial charge in [0.1, 0.15) is 5.57 Å². The van der Waals surface area contributed by atoms with E-state index in [0.29, 0.717) is 5.56 Å². The van der Waals surface area contributed by atoms with E-state index in [1.807, 2.05) is 42.5 Å². The minimum Gasteiger partial charge on any atom is -0.298 e. The van der Waals surface area contributed by atoms with Crippen molar-refractivity contribution >= 4 is 52.7 Å². The number of anilines is 1. The zero-order valence-electron chi connectivity index (χ0n) is 16.8. The lowest BCUT2D eigenvalue weighted by atomic mass is 10.1. The fourth-order valence-electron chi connectivity index (χ4n) is 3.18. The van der Waals surface area contributed by atoms with Crippen LogP contribution in [0.3, 0.4) is 0 Å². The second kappa shape index (κ2) is 9.21. The van der Waals surface area contributed by atoms with Crippen molar-refractivity contribution in [1.29, 1.82) is 0 Å². The van der Waals surface area contributed by atoms with Crippen LogP contribution in [0.25, 0.3) is 6.08 Å². The molecule has 1 fully saturated rings. The van der Waals surface area contributed by atoms with Crippen molar-refractivity contribution < 1.29 is 22.8 Å². The molecule has 166 valence electrons. The van der Waals surface area contributed by atoms with Crippen LogP contribution in [0.1, 0.15) is 11.1 Å². The molecule has 1 aliphatic heterocycles. The maximum absolute atomic E-state index is 13.2. The number of amides is 2. The van der Waals surface area contributed by atoms with Crippen LogP contribution in [0.4, 0.5) is 18.9 Å². The zero-order chi connectivity index (χ0) is 23.6. The highest BCUT2D eigenvalue weighted by atomic mass is 32.2. The van der Waals surface area contributed by atoms with Gasteiger partial charge < -0.3 is 0 Å². The predicted molar refractivity (Wildman–Crippen MR) is 125 cm³/mol. The Morgan fingerprint density at radius 3 is 2.33 bits per heavy atom. The highest BCUT2D eigenvalue weighted by Crippen LogP contribution is 2.34. The minimum absolute atomic E-state index is 0.0855. The van der Waals surface area contributed by atoms with Crippen LogP contribution < -0.4 is 10.2 Å². The van der Waals surface area contributed by atoms with Crippen LogP contribution in [-0.4, -0.2) is 16.9 Å². The number of hydrogen-bond donors (Lipinski definition) is 1. The quantitative estimate of drug-likeness (QED) is 0.294. The molecule has 0 saturated carbocycles. The molecule has 2 amide bonds. The van der Waals surface area contributed by atoms with Crippen molar-refractivity contribution in [3.8, 4) is 0 Å². The van der Waals surface area contributed by atoms with Crippen molar-refractivity contribution in [2.24, 2.45) is 0 Å². The second-order valence-electron chi connectivity index (χ2n) is 6.96. The SMILES string of the molecule is O=C1NC(=S)N(c2cccc(C(F)(F)F)c2)C(=O)/C1=C\c1ccccc1Sc1ccccc1. The molecule has 0 bridgehead atoms. The standard InChI is InChI=1S/C24H15F3N2O2S2/c25-24(26,27)16-8-6-9-17(14-16)29-22(31)19(21(30)28-23(29)32)13-15-7-4-5-12-20(15)33-18-10-2-1-3-11-18/h1-14H,(H,28,30,32)/b19-13-. The number of halogens is 3. The average molecular weight is 485 g/mol. The molecule has 3 aromatic rings. The molecular formula is C24H15F3N2O2S2. The van der Waals surface area contributed by atoms with Crippen LogP contribution in [0.2, 0.25) is 0 Å². The molecule has 4 rings (SSSR count). The highest BCUT2D eigenvalue weighted by Gasteiger charge is 2.36. The Labute approximate surface area is 197 Å². The Morgan fingerprint density at radius 1 is 0.909 bits per heavy atom. The highest BCUT2D eigenvalue weighted by molar-refractivity contribution is 7.99. The number of alkyl halides is 3. The Balaban J connectivity index is 1.72. The van der Waals surface area contributed by atoms with E-state index >= 15 is 0 Å². The van der Waals surface area contributed by atoms with Gasteiger partial charge in [-0.3, -0.25) is 19.8 Å². The van der Waals surface area contributed by atoms with Crippen LogP contribution in [0.15, 0.2) is 94.2 Å². The van der Waals surface area contributed by atoms with Crippen molar-refractivity contribution in [3.05, 3.63) is 95.6 Å². The van der Waals surface area contributed by atoms with E-state index < -0.39 is 23.6 Å². The molecule has 0 radical (unpaired) electrons. The number of benzene rings is 3. The summed E-state index contributed by atoms with van der Waals surface area (Å²) in [5.41, 5.74) is -0.635. The van der Waals surface area contributed by atoms with E-state index in [9.17, 15) is 22.8 Å². The second-order valence-corrected chi connectivity index (χ2v) is 8.46. The van der Waals surface area contributed by atoms with Crippen LogP contribution in [0, 0.1) is 0 Å². The molecular weight excluding hydrogens is 469 g/mol. The summed E-state index contributed by atoms with van der Waals surface area (Å²) in [5, 5.41) is 2.11. The maximum Gasteiger partial charge on any atom is 0.416 e. The van der Waals surface area contributed by atoms with Gasteiger partial charge in [0.15, 0.2) is 5.11 Å². The van der Waals surface area contributed by atoms with Crippen LogP contribution >= 0.6 is 24.0 Å². The normalized spacial score (nSPS) is 15.7. The minimum atomic E-state index is -4.59. The Kier molecular flexibility index (Phi) is 6.35. The van der Waals surface area contributed by atoms with Crippen molar-refractivity contribution in [2.45, 2.75) is 16.0 Å². The predicted octanol–water partition coefficient (Wildman–Crippen LogP) is 5.69. The lowest BCUT2D eigenvalue weighted by Crippen LogP contribution is -2.54. The molecule has 1 N–H and O–H groups in total. The smallest absolute Gasteiger partial charge is 0.298 e. The lowest BCUT2D eigenvalue weighted by molar-refractivity contribution is -0.137. The summed E-state index contributed by atoms with van der Waals surface area (Å²) in [7, 11) is 0. The summed E-state index contributed by atoms with van der Waals surface area (Å²) in [6.07, 6.45) is -3.17. The van der Waals surface area contributed by atoms with Gasteiger partial charge in [-0.05, 0) is 60.3 Å². The number of carbonyl (C=O) groups excluding carboxylic acids is 2. The van der Waals surface area contributed by atoms with Gasteiger partial charge >= 0.3 is 6.18 Å². The molecule has 1 aliphatic rings. The molecule has 0 unspecified atom stereocenters. The van der Waals surface area contributed by atoms with Crippen LogP contribution in [-0.2, 0) is 15.8 Å². The molecule has 1 heterocycles. The lowest BCUT2D eigenvalue weighted by Gasteiger charge is -2.29. The molecule has 4 nitrogen and oxygen atoms in total. The maximum atomic E-state index is 13.2. The van der Waals surface area contributed by atoms with Crippen molar-refractivity contribution in [2.75, 3.05) is 4.90 Å². The zero-order valence-corrected chi connectivity index (χ0v) is 18.4. The van der Waals surface area contributed by atoms with Gasteiger partial charge in [-0.15, -0.1) is 0 Å². The van der Waals surface area contributed by atoms with E-state index in [2.05, 4.69) is 5.32 Å². The molecule has 33 heavy (non-hydrogen) atoms. The topological polar surface area (TPSA) is 49.4 Å². The van der Waals surface area contributed by atoms with E-state index in [1.54, 1.807) is 12.1 Å². The van der Waals surface area contributed by atoms with E-state index in [-0.39, 0.29) is 16.4 Å². The molecule has 0 aromatic heterocycles. The summed E-state index contributed by atoms with van der Waals surface area (Å²) in [6, 6.07) is 21.0. The Bertz CT molecular complexity index is 1270. The Morgan fingerprint density at radius 2 is 1.61 bits per heavy atom. The molecule has 9 heteroatoms. The van der Waals surface area contributed by atoms with Gasteiger partial charge in [0.05, 0.1) is 11.3 Å². The first-order valence-corrected chi connectivity index (χ1v) is 10.9. The van der Waals surface area contributed by atoms with Gasteiger partial charge in [0, 0.05) is 9.79 Å². The number of thiocarbonyl (C=S) groups is 1. The first kappa shape index (κ1) is 22.8. The van der Waals surface area contributed by atoms with Crippen molar-refractivity contribution in [3.63, 3.8) is 0 Å². The van der Waals surface area contributed by atoms with Gasteiger partial charge in [-0.25, -0.2) is 0 Å². The molecule has 0 atom stereocenters. The summed E-state index contributed by atoms with van der Waals surface area (Å²) in [6.45, 7) is 0. The van der Waals surface area contributed by atoms with Gasteiger partial charge in [0.25, 0.3) is 11.8 Å². The van der Waals surface area contributed by atoms with E-state index in [1.165, 1.54) is 30.0 Å². The fraction of sp³-hybridized carbons (Fsp3) is 0.0417. The number of rotatable bonds is 4. The van der Waals surface area contributed by atoms with Gasteiger partial charge in [-0.1, -0.05) is 54.2 Å². The summed E-state index contributed by atoms with van der Waals surface area (Å²) in [5.74, 6) is -1.52. The van der Waals surface area contributed by atoms with Crippen LogP contribution in [0.5, 0.6) is 0 Å². The monoisotopic (exact) mass is 484 g/mol. The summed E-state index contributed by atoms with van der Waals surface area (Å²) < 4.78 is 39.5. The number of nitrogens with zero attached hydrogens (tertiary/aromatic N) is 1. The molecule has 3 aromatic carbocycles. The molecule has 1 saturated heterocycles. The molecule has 0 aliphatic carbocycles. The average Bonchev–Trinajstić information content (AvgIpc) is 2.78. The number of hydrogen-bond acceptors (Lipinski definition) is 4. The fourth-order valence-corrected chi connectivity index (χ4v) is 4.40. The summed E-state index contributed by atoms with van der Waals surface area (Å²) >= 11 is 6.55. The first-order chi connectivity index (χ1) is 15.7. The number of carbonyl (C=O) groups is 2. The first-order valence-electron chi connectivity index (χ1n) is 9.65.